The Bertz CT molecular complexity index is 935. The summed E-state index contributed by atoms with van der Waals surface area (Å²) in [5.41, 5.74) is 6.50. The minimum absolute atomic E-state index is 0.0236. The van der Waals surface area contributed by atoms with E-state index in [9.17, 15) is 13.2 Å². The Morgan fingerprint density at radius 1 is 1.15 bits per heavy atom. The molecule has 140 valence electrons. The van der Waals surface area contributed by atoms with Gasteiger partial charge in [0.2, 0.25) is 0 Å². The number of thiophene rings is 1. The van der Waals surface area contributed by atoms with E-state index in [2.05, 4.69) is 0 Å². The van der Waals surface area contributed by atoms with Crippen molar-refractivity contribution in [2.45, 2.75) is 12.3 Å². The molecule has 2 fully saturated rings. The Hall–Kier alpha value is -1.52. The Labute approximate surface area is 156 Å². The van der Waals surface area contributed by atoms with E-state index in [1.165, 1.54) is 19.9 Å². The molecule has 0 spiro atoms. The van der Waals surface area contributed by atoms with Crippen LogP contribution in [-0.4, -0.2) is 62.3 Å². The molecule has 0 saturated carbocycles. The zero-order chi connectivity index (χ0) is 18.3. The van der Waals surface area contributed by atoms with Gasteiger partial charge in [0.05, 0.1) is 18.1 Å². The summed E-state index contributed by atoms with van der Waals surface area (Å²) in [6, 6.07) is 7.80. The SMILES string of the molecule is NC(=O)c1sc2ccccc2c1[C@H]1CCN(S(=O)(=O)N2CCOCC2)C1. The number of benzene rings is 1. The standard InChI is InChI=1S/C17H21N3O4S2/c18-17(21)16-15(13-3-1-2-4-14(13)25-16)12-5-6-20(11-12)26(22,23)19-7-9-24-10-8-19/h1-4,12H,5-11H2,(H2,18,21)/t12-/m0/s1. The van der Waals surface area contributed by atoms with Crippen molar-refractivity contribution in [1.29, 1.82) is 0 Å². The second-order valence-electron chi connectivity index (χ2n) is 6.57. The molecule has 4 rings (SSSR count). The van der Waals surface area contributed by atoms with Gasteiger partial charge in [-0.2, -0.15) is 17.0 Å². The third-order valence-corrected chi connectivity index (χ3v) is 8.24. The smallest absolute Gasteiger partial charge is 0.282 e. The number of ether oxygens (including phenoxy) is 1. The zero-order valence-electron chi connectivity index (χ0n) is 14.3. The number of fused-ring (bicyclic) bond motifs is 1. The molecule has 2 saturated heterocycles. The third kappa shape index (κ3) is 3.03. The van der Waals surface area contributed by atoms with Gasteiger partial charge in [0, 0.05) is 36.8 Å². The molecule has 1 amide bonds. The number of primary amides is 1. The average Bonchev–Trinajstić information content (AvgIpc) is 3.27. The molecule has 0 radical (unpaired) electrons. The predicted molar refractivity (Wildman–Crippen MR) is 101 cm³/mol. The fourth-order valence-electron chi connectivity index (χ4n) is 3.77. The second-order valence-corrected chi connectivity index (χ2v) is 9.55. The van der Waals surface area contributed by atoms with E-state index < -0.39 is 16.1 Å². The number of hydrogen-bond donors (Lipinski definition) is 1. The van der Waals surface area contributed by atoms with Crippen LogP contribution in [0.25, 0.3) is 10.1 Å². The van der Waals surface area contributed by atoms with Crippen molar-refractivity contribution in [1.82, 2.24) is 8.61 Å². The van der Waals surface area contributed by atoms with Crippen molar-refractivity contribution in [2.24, 2.45) is 5.73 Å². The first kappa shape index (κ1) is 17.9. The first-order valence-electron chi connectivity index (χ1n) is 8.62. The number of rotatable bonds is 4. The molecular weight excluding hydrogens is 374 g/mol. The molecule has 2 aromatic rings. The molecule has 26 heavy (non-hydrogen) atoms. The van der Waals surface area contributed by atoms with Crippen molar-refractivity contribution >= 4 is 37.5 Å². The summed E-state index contributed by atoms with van der Waals surface area (Å²) in [5, 5.41) is 1.00. The molecule has 2 N–H and O–H groups in total. The zero-order valence-corrected chi connectivity index (χ0v) is 15.9. The van der Waals surface area contributed by atoms with Gasteiger partial charge in [-0.1, -0.05) is 18.2 Å². The van der Waals surface area contributed by atoms with Crippen LogP contribution >= 0.6 is 11.3 Å². The van der Waals surface area contributed by atoms with Gasteiger partial charge in [0.25, 0.3) is 16.1 Å². The maximum atomic E-state index is 12.9. The highest BCUT2D eigenvalue weighted by Gasteiger charge is 2.38. The first-order chi connectivity index (χ1) is 12.5. The predicted octanol–water partition coefficient (Wildman–Crippen LogP) is 1.37. The molecular formula is C17H21N3O4S2. The fourth-order valence-corrected chi connectivity index (χ4v) is 6.55. The Balaban J connectivity index is 1.64. The van der Waals surface area contributed by atoms with Crippen LogP contribution in [-0.2, 0) is 14.9 Å². The Morgan fingerprint density at radius 2 is 1.88 bits per heavy atom. The van der Waals surface area contributed by atoms with E-state index in [0.717, 1.165) is 15.6 Å². The molecule has 1 aromatic heterocycles. The van der Waals surface area contributed by atoms with Crippen molar-refractivity contribution < 1.29 is 17.9 Å². The first-order valence-corrected chi connectivity index (χ1v) is 10.8. The van der Waals surface area contributed by atoms with Crippen LogP contribution in [0.1, 0.15) is 27.6 Å². The van der Waals surface area contributed by atoms with Gasteiger partial charge in [0.15, 0.2) is 0 Å². The average molecular weight is 396 g/mol. The number of amides is 1. The van der Waals surface area contributed by atoms with Gasteiger partial charge in [-0.05, 0) is 23.4 Å². The summed E-state index contributed by atoms with van der Waals surface area (Å²) in [6.07, 6.45) is 0.685. The molecule has 3 heterocycles. The minimum Gasteiger partial charge on any atom is -0.379 e. The number of morpholine rings is 1. The van der Waals surface area contributed by atoms with Crippen LogP contribution < -0.4 is 5.73 Å². The van der Waals surface area contributed by atoms with Crippen LogP contribution in [0.4, 0.5) is 0 Å². The number of carbonyl (C=O) groups is 1. The molecule has 0 bridgehead atoms. The lowest BCUT2D eigenvalue weighted by molar-refractivity contribution is 0.0705. The quantitative estimate of drug-likeness (QED) is 0.846. The lowest BCUT2D eigenvalue weighted by Crippen LogP contribution is -2.47. The van der Waals surface area contributed by atoms with Gasteiger partial charge < -0.3 is 10.5 Å². The number of nitrogens with two attached hydrogens (primary N) is 1. The van der Waals surface area contributed by atoms with Gasteiger partial charge >= 0.3 is 0 Å². The summed E-state index contributed by atoms with van der Waals surface area (Å²) < 4.78 is 35.1. The van der Waals surface area contributed by atoms with Crippen molar-refractivity contribution in [3.05, 3.63) is 34.7 Å². The molecule has 0 aliphatic carbocycles. The van der Waals surface area contributed by atoms with Gasteiger partial charge in [0.1, 0.15) is 0 Å². The van der Waals surface area contributed by atoms with Crippen LogP contribution in [0, 0.1) is 0 Å². The summed E-state index contributed by atoms with van der Waals surface area (Å²) in [6.45, 7) is 2.46. The fraction of sp³-hybridized carbons (Fsp3) is 0.471. The van der Waals surface area contributed by atoms with Crippen molar-refractivity contribution in [3.63, 3.8) is 0 Å². The second kappa shape index (κ2) is 6.90. The lowest BCUT2D eigenvalue weighted by Gasteiger charge is -2.30. The normalized spacial score (nSPS) is 22.8. The Kier molecular flexibility index (Phi) is 4.74. The monoisotopic (exact) mass is 395 g/mol. The Morgan fingerprint density at radius 3 is 2.62 bits per heavy atom. The van der Waals surface area contributed by atoms with Gasteiger partial charge in [-0.3, -0.25) is 4.79 Å². The van der Waals surface area contributed by atoms with E-state index >= 15 is 0 Å². The van der Waals surface area contributed by atoms with Gasteiger partial charge in [-0.25, -0.2) is 0 Å². The van der Waals surface area contributed by atoms with Crippen molar-refractivity contribution in [3.8, 4) is 0 Å². The lowest BCUT2D eigenvalue weighted by atomic mass is 9.95. The van der Waals surface area contributed by atoms with Crippen LogP contribution in [0.3, 0.4) is 0 Å². The van der Waals surface area contributed by atoms with Gasteiger partial charge in [-0.15, -0.1) is 11.3 Å². The maximum Gasteiger partial charge on any atom is 0.282 e. The summed E-state index contributed by atoms with van der Waals surface area (Å²) >= 11 is 1.39. The highest BCUT2D eigenvalue weighted by atomic mass is 32.2. The van der Waals surface area contributed by atoms with E-state index in [4.69, 9.17) is 10.5 Å². The highest BCUT2D eigenvalue weighted by molar-refractivity contribution is 7.86. The maximum absolute atomic E-state index is 12.9. The molecule has 2 aliphatic rings. The molecule has 9 heteroatoms. The van der Waals surface area contributed by atoms with Crippen LogP contribution in [0.15, 0.2) is 24.3 Å². The third-order valence-electron chi connectivity index (χ3n) is 5.04. The van der Waals surface area contributed by atoms with E-state index in [0.29, 0.717) is 50.7 Å². The highest BCUT2D eigenvalue weighted by Crippen LogP contribution is 2.40. The largest absolute Gasteiger partial charge is 0.379 e. The van der Waals surface area contributed by atoms with Crippen molar-refractivity contribution in [2.75, 3.05) is 39.4 Å². The number of hydrogen-bond acceptors (Lipinski definition) is 5. The van der Waals surface area contributed by atoms with E-state index in [-0.39, 0.29) is 5.92 Å². The van der Waals surface area contributed by atoms with E-state index in [1.807, 2.05) is 24.3 Å². The summed E-state index contributed by atoms with van der Waals surface area (Å²) in [4.78, 5) is 12.5. The number of carbonyl (C=O) groups excluding carboxylic acids is 1. The molecule has 7 nitrogen and oxygen atoms in total. The van der Waals surface area contributed by atoms with E-state index in [1.54, 1.807) is 0 Å². The minimum atomic E-state index is -3.50. The topological polar surface area (TPSA) is 92.9 Å². The molecule has 2 aliphatic heterocycles. The molecule has 1 atom stereocenters. The molecule has 0 unspecified atom stereocenters. The summed E-state index contributed by atoms with van der Waals surface area (Å²) in [5.74, 6) is -0.472. The summed E-state index contributed by atoms with van der Waals surface area (Å²) in [7, 11) is -3.50. The number of nitrogens with zero attached hydrogens (tertiary/aromatic N) is 2. The molecule has 1 aromatic carbocycles. The van der Waals surface area contributed by atoms with Crippen LogP contribution in [0.2, 0.25) is 0 Å². The van der Waals surface area contributed by atoms with Crippen LogP contribution in [0.5, 0.6) is 0 Å².